The number of hydrogen-bond acceptors (Lipinski definition) is 8. The first kappa shape index (κ1) is 30.2. The molecular formula is C32H42N2O7. The number of methoxy groups -OCH3 is 1. The van der Waals surface area contributed by atoms with E-state index >= 15 is 0 Å². The average Bonchev–Trinajstić information content (AvgIpc) is 3.76. The van der Waals surface area contributed by atoms with E-state index in [2.05, 4.69) is 11.8 Å². The lowest BCUT2D eigenvalue weighted by atomic mass is 10.0. The Kier molecular flexibility index (Phi) is 9.78. The zero-order valence-corrected chi connectivity index (χ0v) is 24.8. The van der Waals surface area contributed by atoms with Crippen molar-refractivity contribution in [1.82, 2.24) is 4.90 Å². The first-order chi connectivity index (χ1) is 19.6. The molecule has 2 aromatic rings. The number of unbranched alkanes of at least 4 members (excludes halogenated alkanes) is 1. The molecule has 0 unspecified atom stereocenters. The molecule has 41 heavy (non-hydrogen) atoms. The molecule has 1 aliphatic heterocycles. The van der Waals surface area contributed by atoms with Gasteiger partial charge >= 0.3 is 12.1 Å². The van der Waals surface area contributed by atoms with Crippen LogP contribution in [-0.4, -0.2) is 74.8 Å². The highest BCUT2D eigenvalue weighted by molar-refractivity contribution is 6.01. The summed E-state index contributed by atoms with van der Waals surface area (Å²) in [6.07, 6.45) is 2.38. The van der Waals surface area contributed by atoms with Crippen LogP contribution in [0.25, 0.3) is 0 Å². The van der Waals surface area contributed by atoms with Crippen LogP contribution in [0, 0.1) is 5.92 Å². The average molecular weight is 567 g/mol. The number of amides is 1. The minimum absolute atomic E-state index is 0.0989. The van der Waals surface area contributed by atoms with E-state index in [9.17, 15) is 14.4 Å². The molecule has 9 heteroatoms. The summed E-state index contributed by atoms with van der Waals surface area (Å²) in [5.74, 6) is 0.636. The first-order valence-electron chi connectivity index (χ1n) is 14.4. The summed E-state index contributed by atoms with van der Waals surface area (Å²) in [5.41, 5.74) is 2.10. The molecule has 0 spiro atoms. The van der Waals surface area contributed by atoms with Gasteiger partial charge < -0.3 is 28.7 Å². The number of ketones is 1. The summed E-state index contributed by atoms with van der Waals surface area (Å²) >= 11 is 0. The normalized spacial score (nSPS) is 18.5. The first-order valence-corrected chi connectivity index (χ1v) is 14.4. The van der Waals surface area contributed by atoms with Crippen molar-refractivity contribution in [1.29, 1.82) is 0 Å². The van der Waals surface area contributed by atoms with Crippen LogP contribution >= 0.6 is 0 Å². The van der Waals surface area contributed by atoms with E-state index < -0.39 is 11.6 Å². The molecule has 1 aliphatic carbocycles. The summed E-state index contributed by atoms with van der Waals surface area (Å²) in [4.78, 5) is 41.7. The Labute approximate surface area is 242 Å². The zero-order valence-electron chi connectivity index (χ0n) is 24.8. The maximum Gasteiger partial charge on any atom is 0.409 e. The van der Waals surface area contributed by atoms with Gasteiger partial charge in [-0.05, 0) is 69.4 Å². The van der Waals surface area contributed by atoms with Gasteiger partial charge in [0.2, 0.25) is 0 Å². The van der Waals surface area contributed by atoms with Crippen LogP contribution in [0.1, 0.15) is 68.8 Å². The molecule has 4 rings (SSSR count). The number of ether oxygens (including phenoxy) is 4. The van der Waals surface area contributed by atoms with Gasteiger partial charge in [-0.25, -0.2) is 9.59 Å². The lowest BCUT2D eigenvalue weighted by molar-refractivity contribution is -0.157. The maximum atomic E-state index is 13.4. The highest BCUT2D eigenvalue weighted by atomic mass is 16.6. The Morgan fingerprint density at radius 1 is 0.976 bits per heavy atom. The fraction of sp³-hybridized carbons (Fsp3) is 0.531. The van der Waals surface area contributed by atoms with Crippen molar-refractivity contribution in [2.75, 3.05) is 51.4 Å². The minimum atomic E-state index is -0.584. The summed E-state index contributed by atoms with van der Waals surface area (Å²) in [6.45, 7) is 10.3. The molecule has 2 aromatic carbocycles. The predicted octanol–water partition coefficient (Wildman–Crippen LogP) is 5.46. The van der Waals surface area contributed by atoms with Gasteiger partial charge in [0.1, 0.15) is 5.60 Å². The molecule has 9 nitrogen and oxygen atoms in total. The van der Waals surface area contributed by atoms with E-state index in [1.807, 2.05) is 36.4 Å². The highest BCUT2D eigenvalue weighted by Crippen LogP contribution is 2.50. The van der Waals surface area contributed by atoms with Crippen LogP contribution in [0.4, 0.5) is 10.5 Å². The predicted molar refractivity (Wildman–Crippen MR) is 156 cm³/mol. The number of rotatable bonds is 11. The van der Waals surface area contributed by atoms with E-state index in [0.717, 1.165) is 30.5 Å². The molecule has 2 fully saturated rings. The van der Waals surface area contributed by atoms with E-state index in [-0.39, 0.29) is 30.3 Å². The van der Waals surface area contributed by atoms with Gasteiger partial charge in [0.25, 0.3) is 0 Å². The number of carbonyl (C=O) groups excluding carboxylic acids is 3. The Morgan fingerprint density at radius 2 is 1.73 bits per heavy atom. The van der Waals surface area contributed by atoms with Gasteiger partial charge in [-0.1, -0.05) is 31.5 Å². The van der Waals surface area contributed by atoms with E-state index in [1.54, 1.807) is 38.8 Å². The molecule has 1 saturated carbocycles. The lowest BCUT2D eigenvalue weighted by Crippen LogP contribution is -2.49. The number of piperazine rings is 1. The Hall–Kier alpha value is -3.75. The second kappa shape index (κ2) is 13.3. The molecule has 2 atom stereocenters. The topological polar surface area (TPSA) is 94.6 Å². The molecule has 1 heterocycles. The molecule has 222 valence electrons. The molecule has 0 aromatic heterocycles. The number of carbonyl (C=O) groups is 3. The van der Waals surface area contributed by atoms with Crippen LogP contribution in [0.2, 0.25) is 0 Å². The Bertz CT molecular complexity index is 1230. The Morgan fingerprint density at radius 3 is 2.41 bits per heavy atom. The van der Waals surface area contributed by atoms with Gasteiger partial charge in [-0.2, -0.15) is 0 Å². The fourth-order valence-electron chi connectivity index (χ4n) is 5.01. The van der Waals surface area contributed by atoms with Crippen molar-refractivity contribution in [3.63, 3.8) is 0 Å². The summed E-state index contributed by atoms with van der Waals surface area (Å²) in [7, 11) is 1.55. The molecule has 0 bridgehead atoms. The summed E-state index contributed by atoms with van der Waals surface area (Å²) in [6, 6.07) is 13.3. The molecule has 0 radical (unpaired) electrons. The van der Waals surface area contributed by atoms with E-state index in [0.29, 0.717) is 49.8 Å². The molecule has 1 amide bonds. The zero-order chi connectivity index (χ0) is 29.6. The minimum Gasteiger partial charge on any atom is -0.493 e. The molecule has 2 aliphatic rings. The fourth-order valence-corrected chi connectivity index (χ4v) is 5.01. The SMILES string of the molecule is CCCCOC(=O)N1CCN(c2cccc(C(=O)[C@@H]3C[C@H]3c3ccc(OCC(=O)OC(C)(C)C)c(OC)c3)c2)CC1. The second-order valence-corrected chi connectivity index (χ2v) is 11.6. The largest absolute Gasteiger partial charge is 0.493 e. The van der Waals surface area contributed by atoms with Crippen LogP contribution in [0.15, 0.2) is 42.5 Å². The van der Waals surface area contributed by atoms with Gasteiger partial charge in [0.15, 0.2) is 23.9 Å². The molecular weight excluding hydrogens is 524 g/mol. The molecule has 0 N–H and O–H groups in total. The van der Waals surface area contributed by atoms with Gasteiger partial charge in [-0.3, -0.25) is 4.79 Å². The highest BCUT2D eigenvalue weighted by Gasteiger charge is 2.44. The third kappa shape index (κ3) is 8.15. The van der Waals surface area contributed by atoms with Crippen LogP contribution in [0.5, 0.6) is 11.5 Å². The van der Waals surface area contributed by atoms with Gasteiger partial charge in [0, 0.05) is 43.3 Å². The van der Waals surface area contributed by atoms with Crippen molar-refractivity contribution < 1.29 is 33.3 Å². The number of anilines is 1. The smallest absolute Gasteiger partial charge is 0.409 e. The standard InChI is InChI=1S/C32H42N2O7/c1-6-7-17-39-31(37)34-15-13-33(14-16-34)24-10-8-9-23(18-24)30(36)26-20-25(26)22-11-12-27(28(19-22)38-5)40-21-29(35)41-32(2,3)4/h8-12,18-19,25-26H,6-7,13-17,20-21H2,1-5H3/t25-,26+/m0/s1. The molecule has 1 saturated heterocycles. The lowest BCUT2D eigenvalue weighted by Gasteiger charge is -2.35. The third-order valence-corrected chi connectivity index (χ3v) is 7.27. The van der Waals surface area contributed by atoms with E-state index in [1.165, 1.54) is 0 Å². The van der Waals surface area contributed by atoms with Crippen molar-refractivity contribution in [2.45, 2.75) is 58.5 Å². The number of esters is 1. The second-order valence-electron chi connectivity index (χ2n) is 11.6. The van der Waals surface area contributed by atoms with Crippen LogP contribution < -0.4 is 14.4 Å². The van der Waals surface area contributed by atoms with Crippen molar-refractivity contribution >= 4 is 23.5 Å². The van der Waals surface area contributed by atoms with Crippen LogP contribution in [-0.2, 0) is 14.3 Å². The van der Waals surface area contributed by atoms with Crippen LogP contribution in [0.3, 0.4) is 0 Å². The summed E-state index contributed by atoms with van der Waals surface area (Å²) in [5, 5.41) is 0. The van der Waals surface area contributed by atoms with Crippen molar-refractivity contribution in [2.24, 2.45) is 5.92 Å². The van der Waals surface area contributed by atoms with E-state index in [4.69, 9.17) is 18.9 Å². The van der Waals surface area contributed by atoms with Crippen molar-refractivity contribution in [3.05, 3.63) is 53.6 Å². The number of benzene rings is 2. The number of Topliss-reactive ketones (excluding diaryl/α,β-unsaturated/α-hetero) is 1. The maximum absolute atomic E-state index is 13.4. The Balaban J connectivity index is 1.32. The van der Waals surface area contributed by atoms with Crippen molar-refractivity contribution in [3.8, 4) is 11.5 Å². The number of hydrogen-bond donors (Lipinski definition) is 0. The third-order valence-electron chi connectivity index (χ3n) is 7.27. The quantitative estimate of drug-likeness (QED) is 0.201. The van der Waals surface area contributed by atoms with Gasteiger partial charge in [-0.15, -0.1) is 0 Å². The monoisotopic (exact) mass is 566 g/mol. The van der Waals surface area contributed by atoms with Gasteiger partial charge in [0.05, 0.1) is 13.7 Å². The number of nitrogens with zero attached hydrogens (tertiary/aromatic N) is 2. The summed E-state index contributed by atoms with van der Waals surface area (Å²) < 4.78 is 21.8.